The third kappa shape index (κ3) is 6.39. The van der Waals surface area contributed by atoms with E-state index in [9.17, 15) is 14.6 Å². The summed E-state index contributed by atoms with van der Waals surface area (Å²) in [6.45, 7) is 0.983. The Hall–Kier alpha value is -2.30. The van der Waals surface area contributed by atoms with Gasteiger partial charge in [0.2, 0.25) is 0 Å². The number of benzene rings is 1. The highest BCUT2D eigenvalue weighted by atomic mass is 19.1. The number of ether oxygens (including phenoxy) is 1. The van der Waals surface area contributed by atoms with Crippen LogP contribution < -0.4 is 20.9 Å². The first-order chi connectivity index (χ1) is 16.0. The standard InChI is InChI=1S/C24H33FN4O4/c1-32-20-12-16(8-10-19(20)25)17(14-23(30)31)13-22-28-21(29-33-22)6-2-5-18-9-7-15-4-3-11-26-24(15)27-18/h7-10,12,17,21-23,28-31H,2-6,11,13-14H2,1H3,(H,26,27). The number of aliphatic hydroxyl groups is 2. The second kappa shape index (κ2) is 11.2. The number of pyridine rings is 1. The zero-order valence-electron chi connectivity index (χ0n) is 18.9. The molecule has 4 rings (SSSR count). The molecule has 33 heavy (non-hydrogen) atoms. The van der Waals surface area contributed by atoms with Gasteiger partial charge in [0.15, 0.2) is 17.9 Å². The van der Waals surface area contributed by atoms with Gasteiger partial charge in [0.1, 0.15) is 12.0 Å². The SMILES string of the molecule is COc1cc(C(CC(O)O)CC2NC(CCCc3ccc4c(n3)NCCC4)NO2)ccc1F. The number of aryl methyl sites for hydroxylation is 2. The molecular formula is C24H33FN4O4. The molecule has 8 nitrogen and oxygen atoms in total. The number of hydrogen-bond acceptors (Lipinski definition) is 8. The summed E-state index contributed by atoms with van der Waals surface area (Å²) in [7, 11) is 1.41. The van der Waals surface area contributed by atoms with Gasteiger partial charge in [0, 0.05) is 18.7 Å². The molecule has 2 aliphatic heterocycles. The molecule has 0 saturated carbocycles. The molecular weight excluding hydrogens is 427 g/mol. The highest BCUT2D eigenvalue weighted by molar-refractivity contribution is 5.47. The smallest absolute Gasteiger partial charge is 0.165 e. The van der Waals surface area contributed by atoms with Crippen molar-refractivity contribution in [2.45, 2.75) is 69.5 Å². The minimum atomic E-state index is -1.48. The van der Waals surface area contributed by atoms with Crippen molar-refractivity contribution in [2.75, 3.05) is 19.0 Å². The molecule has 5 N–H and O–H groups in total. The van der Waals surface area contributed by atoms with Crippen LogP contribution in [0.2, 0.25) is 0 Å². The average molecular weight is 461 g/mol. The van der Waals surface area contributed by atoms with Gasteiger partial charge >= 0.3 is 0 Å². The van der Waals surface area contributed by atoms with E-state index in [0.29, 0.717) is 6.42 Å². The van der Waals surface area contributed by atoms with Crippen LogP contribution in [0.5, 0.6) is 5.75 Å². The molecule has 3 unspecified atom stereocenters. The number of hydroxylamine groups is 1. The molecule has 0 bridgehead atoms. The van der Waals surface area contributed by atoms with Crippen LogP contribution in [0.4, 0.5) is 10.2 Å². The maximum absolute atomic E-state index is 13.8. The van der Waals surface area contributed by atoms with Gasteiger partial charge in [-0.1, -0.05) is 12.1 Å². The van der Waals surface area contributed by atoms with Crippen LogP contribution in [-0.2, 0) is 17.7 Å². The van der Waals surface area contributed by atoms with E-state index in [4.69, 9.17) is 14.6 Å². The monoisotopic (exact) mass is 460 g/mol. The Morgan fingerprint density at radius 1 is 1.27 bits per heavy atom. The van der Waals surface area contributed by atoms with Gasteiger partial charge in [-0.3, -0.25) is 10.2 Å². The van der Waals surface area contributed by atoms with Crippen LogP contribution >= 0.6 is 0 Å². The van der Waals surface area contributed by atoms with E-state index in [-0.39, 0.29) is 30.5 Å². The molecule has 1 saturated heterocycles. The highest BCUT2D eigenvalue weighted by Crippen LogP contribution is 2.31. The van der Waals surface area contributed by atoms with Crippen LogP contribution in [0.15, 0.2) is 30.3 Å². The van der Waals surface area contributed by atoms with Gasteiger partial charge in [-0.25, -0.2) is 9.37 Å². The lowest BCUT2D eigenvalue weighted by Crippen LogP contribution is -2.34. The van der Waals surface area contributed by atoms with E-state index in [1.165, 1.54) is 18.7 Å². The third-order valence-corrected chi connectivity index (χ3v) is 6.26. The van der Waals surface area contributed by atoms with Crippen molar-refractivity contribution in [3.05, 3.63) is 53.0 Å². The lowest BCUT2D eigenvalue weighted by molar-refractivity contribution is -0.0554. The lowest BCUT2D eigenvalue weighted by Gasteiger charge is -2.22. The summed E-state index contributed by atoms with van der Waals surface area (Å²) in [6, 6.07) is 8.87. The summed E-state index contributed by atoms with van der Waals surface area (Å²) < 4.78 is 18.9. The number of rotatable bonds is 10. The number of fused-ring (bicyclic) bond motifs is 1. The highest BCUT2D eigenvalue weighted by Gasteiger charge is 2.28. The molecule has 0 spiro atoms. The Labute approximate surface area is 193 Å². The summed E-state index contributed by atoms with van der Waals surface area (Å²) >= 11 is 0. The number of aromatic nitrogens is 1. The van der Waals surface area contributed by atoms with Crippen molar-refractivity contribution in [2.24, 2.45) is 0 Å². The Kier molecular flexibility index (Phi) is 8.11. The van der Waals surface area contributed by atoms with Gasteiger partial charge in [-0.05, 0) is 73.8 Å². The summed E-state index contributed by atoms with van der Waals surface area (Å²) in [4.78, 5) is 10.4. The van der Waals surface area contributed by atoms with Crippen LogP contribution in [0.1, 0.15) is 54.8 Å². The minimum absolute atomic E-state index is 0.00629. The molecule has 2 aromatic rings. The fraction of sp³-hybridized carbons (Fsp3) is 0.542. The first-order valence-electron chi connectivity index (χ1n) is 11.6. The van der Waals surface area contributed by atoms with Crippen LogP contribution in [0.25, 0.3) is 0 Å². The lowest BCUT2D eigenvalue weighted by atomic mass is 9.91. The minimum Gasteiger partial charge on any atom is -0.494 e. The molecule has 1 fully saturated rings. The number of nitrogens with zero attached hydrogens (tertiary/aromatic N) is 1. The second-order valence-corrected chi connectivity index (χ2v) is 8.72. The normalized spacial score (nSPS) is 21.0. The Bertz CT molecular complexity index is 929. The van der Waals surface area contributed by atoms with Crippen molar-refractivity contribution in [1.29, 1.82) is 0 Å². The molecule has 0 amide bonds. The maximum atomic E-state index is 13.8. The largest absolute Gasteiger partial charge is 0.494 e. The Morgan fingerprint density at radius 3 is 2.97 bits per heavy atom. The summed E-state index contributed by atoms with van der Waals surface area (Å²) in [6.07, 6.45) is 3.75. The molecule has 1 aromatic heterocycles. The fourth-order valence-electron chi connectivity index (χ4n) is 4.52. The first kappa shape index (κ1) is 23.8. The zero-order chi connectivity index (χ0) is 23.2. The predicted octanol–water partition coefficient (Wildman–Crippen LogP) is 2.56. The van der Waals surface area contributed by atoms with E-state index in [2.05, 4.69) is 28.2 Å². The Morgan fingerprint density at radius 2 is 2.15 bits per heavy atom. The van der Waals surface area contributed by atoms with Gasteiger partial charge in [-0.2, -0.15) is 5.48 Å². The molecule has 3 atom stereocenters. The fourth-order valence-corrected chi connectivity index (χ4v) is 4.52. The predicted molar refractivity (Wildman–Crippen MR) is 122 cm³/mol. The number of halogens is 1. The molecule has 1 aromatic carbocycles. The number of anilines is 1. The van der Waals surface area contributed by atoms with Crippen LogP contribution in [0, 0.1) is 5.82 Å². The van der Waals surface area contributed by atoms with Crippen LogP contribution in [0.3, 0.4) is 0 Å². The number of nitrogens with one attached hydrogen (secondary N) is 3. The summed E-state index contributed by atoms with van der Waals surface area (Å²) in [5.41, 5.74) is 6.17. The van der Waals surface area contributed by atoms with Crippen molar-refractivity contribution >= 4 is 5.82 Å². The van der Waals surface area contributed by atoms with Gasteiger partial charge in [0.25, 0.3) is 0 Å². The molecule has 3 heterocycles. The summed E-state index contributed by atoms with van der Waals surface area (Å²) in [5.74, 6) is 0.455. The van der Waals surface area contributed by atoms with E-state index in [1.54, 1.807) is 12.1 Å². The van der Waals surface area contributed by atoms with Crippen molar-refractivity contribution in [3.8, 4) is 5.75 Å². The molecule has 0 radical (unpaired) electrons. The van der Waals surface area contributed by atoms with Crippen molar-refractivity contribution in [1.82, 2.24) is 15.8 Å². The maximum Gasteiger partial charge on any atom is 0.165 e. The van der Waals surface area contributed by atoms with Crippen molar-refractivity contribution in [3.63, 3.8) is 0 Å². The Balaban J connectivity index is 1.28. The quantitative estimate of drug-likeness (QED) is 0.345. The molecule has 0 aliphatic carbocycles. The average Bonchev–Trinajstić information content (AvgIpc) is 3.26. The van der Waals surface area contributed by atoms with E-state index in [0.717, 1.165) is 55.7 Å². The zero-order valence-corrected chi connectivity index (χ0v) is 18.9. The number of hydrogen-bond donors (Lipinski definition) is 5. The molecule has 2 aliphatic rings. The van der Waals surface area contributed by atoms with Crippen molar-refractivity contribution < 1.29 is 24.2 Å². The second-order valence-electron chi connectivity index (χ2n) is 8.72. The number of methoxy groups -OCH3 is 1. The summed E-state index contributed by atoms with van der Waals surface area (Å²) in [5, 5.41) is 25.9. The topological polar surface area (TPSA) is 108 Å². The van der Waals surface area contributed by atoms with Gasteiger partial charge in [-0.15, -0.1) is 0 Å². The third-order valence-electron chi connectivity index (χ3n) is 6.26. The first-order valence-corrected chi connectivity index (χ1v) is 11.6. The van der Waals surface area contributed by atoms with Gasteiger partial charge < -0.3 is 20.3 Å². The van der Waals surface area contributed by atoms with Crippen LogP contribution in [-0.4, -0.2) is 47.5 Å². The van der Waals surface area contributed by atoms with E-state index in [1.807, 2.05) is 0 Å². The molecule has 9 heteroatoms. The number of aliphatic hydroxyl groups excluding tert-OH is 1. The molecule has 180 valence electrons. The van der Waals surface area contributed by atoms with Gasteiger partial charge in [0.05, 0.1) is 13.3 Å². The van der Waals surface area contributed by atoms with E-state index < -0.39 is 12.1 Å². The van der Waals surface area contributed by atoms with E-state index >= 15 is 0 Å².